The molecule has 0 radical (unpaired) electrons. The normalized spacial score (nSPS) is 12.7. The Hall–Kier alpha value is -0.730. The molecule has 1 aromatic carbocycles. The zero-order valence-corrected chi connectivity index (χ0v) is 13.3. The van der Waals surface area contributed by atoms with Crippen LogP contribution in [-0.2, 0) is 6.42 Å². The zero-order chi connectivity index (χ0) is 14.3. The molecule has 2 nitrogen and oxygen atoms in total. The SMILES string of the molecule is CCCNCC(Cc1cc(Cl)ccc1OC)C(C)C. The zero-order valence-electron chi connectivity index (χ0n) is 12.5. The molecule has 0 aliphatic rings. The van der Waals surface area contributed by atoms with Gasteiger partial charge in [-0.2, -0.15) is 0 Å². The third-order valence-corrected chi connectivity index (χ3v) is 3.74. The van der Waals surface area contributed by atoms with E-state index in [1.54, 1.807) is 7.11 Å². The Kier molecular flexibility index (Phi) is 7.25. The number of ether oxygens (including phenoxy) is 1. The number of nitrogens with one attached hydrogen (secondary N) is 1. The maximum atomic E-state index is 6.09. The van der Waals surface area contributed by atoms with Gasteiger partial charge in [-0.15, -0.1) is 0 Å². The summed E-state index contributed by atoms with van der Waals surface area (Å²) in [6, 6.07) is 5.85. The van der Waals surface area contributed by atoms with Crippen LogP contribution in [-0.4, -0.2) is 20.2 Å². The van der Waals surface area contributed by atoms with Gasteiger partial charge in [0.1, 0.15) is 5.75 Å². The summed E-state index contributed by atoms with van der Waals surface area (Å²) in [4.78, 5) is 0. The van der Waals surface area contributed by atoms with Crippen LogP contribution in [0.2, 0.25) is 5.02 Å². The van der Waals surface area contributed by atoms with Crippen LogP contribution in [0.4, 0.5) is 0 Å². The molecule has 0 heterocycles. The van der Waals surface area contributed by atoms with Crippen LogP contribution in [0.1, 0.15) is 32.8 Å². The first-order valence-corrected chi connectivity index (χ1v) is 7.49. The highest BCUT2D eigenvalue weighted by atomic mass is 35.5. The minimum absolute atomic E-state index is 0.596. The highest BCUT2D eigenvalue weighted by Gasteiger charge is 2.16. The first kappa shape index (κ1) is 16.3. The Morgan fingerprint density at radius 1 is 1.32 bits per heavy atom. The van der Waals surface area contributed by atoms with Crippen LogP contribution in [0.3, 0.4) is 0 Å². The molecule has 0 aliphatic carbocycles. The molecule has 1 N–H and O–H groups in total. The van der Waals surface area contributed by atoms with Gasteiger partial charge in [0.25, 0.3) is 0 Å². The molecular weight excluding hydrogens is 258 g/mol. The minimum atomic E-state index is 0.596. The molecule has 0 aliphatic heterocycles. The Labute approximate surface area is 122 Å². The lowest BCUT2D eigenvalue weighted by Crippen LogP contribution is -2.28. The second-order valence-electron chi connectivity index (χ2n) is 5.37. The third kappa shape index (κ3) is 5.42. The summed E-state index contributed by atoms with van der Waals surface area (Å²) in [5.41, 5.74) is 1.20. The number of rotatable bonds is 8. The van der Waals surface area contributed by atoms with Crippen molar-refractivity contribution < 1.29 is 4.74 Å². The Balaban J connectivity index is 2.75. The molecular formula is C16H26ClNO. The van der Waals surface area contributed by atoms with Crippen molar-refractivity contribution in [3.8, 4) is 5.75 Å². The second-order valence-corrected chi connectivity index (χ2v) is 5.80. The van der Waals surface area contributed by atoms with E-state index in [-0.39, 0.29) is 0 Å². The molecule has 1 aromatic rings. The van der Waals surface area contributed by atoms with Crippen LogP contribution < -0.4 is 10.1 Å². The van der Waals surface area contributed by atoms with Gasteiger partial charge in [0.2, 0.25) is 0 Å². The van der Waals surface area contributed by atoms with Crippen LogP contribution in [0.15, 0.2) is 18.2 Å². The van der Waals surface area contributed by atoms with Crippen molar-refractivity contribution >= 4 is 11.6 Å². The maximum absolute atomic E-state index is 6.09. The fourth-order valence-electron chi connectivity index (χ4n) is 2.20. The molecule has 0 amide bonds. The van der Waals surface area contributed by atoms with Crippen molar-refractivity contribution in [2.45, 2.75) is 33.6 Å². The summed E-state index contributed by atoms with van der Waals surface area (Å²) in [6.45, 7) is 8.86. The van der Waals surface area contributed by atoms with Gasteiger partial charge in [-0.25, -0.2) is 0 Å². The molecule has 19 heavy (non-hydrogen) atoms. The van der Waals surface area contributed by atoms with Gasteiger partial charge in [0, 0.05) is 5.02 Å². The molecule has 1 unspecified atom stereocenters. The van der Waals surface area contributed by atoms with E-state index < -0.39 is 0 Å². The monoisotopic (exact) mass is 283 g/mol. The first-order chi connectivity index (χ1) is 9.08. The van der Waals surface area contributed by atoms with Gasteiger partial charge in [-0.05, 0) is 61.5 Å². The summed E-state index contributed by atoms with van der Waals surface area (Å²) in [5, 5.41) is 4.29. The fraction of sp³-hybridized carbons (Fsp3) is 0.625. The van der Waals surface area contributed by atoms with Crippen LogP contribution >= 0.6 is 11.6 Å². The van der Waals surface area contributed by atoms with E-state index in [1.165, 1.54) is 12.0 Å². The Bertz CT molecular complexity index is 379. The van der Waals surface area contributed by atoms with Gasteiger partial charge in [0.05, 0.1) is 7.11 Å². The van der Waals surface area contributed by atoms with Crippen LogP contribution in [0, 0.1) is 11.8 Å². The van der Waals surface area contributed by atoms with E-state index in [1.807, 2.05) is 18.2 Å². The van der Waals surface area contributed by atoms with E-state index >= 15 is 0 Å². The molecule has 0 spiro atoms. The Morgan fingerprint density at radius 2 is 2.05 bits per heavy atom. The summed E-state index contributed by atoms with van der Waals surface area (Å²) in [7, 11) is 1.71. The molecule has 0 fully saturated rings. The molecule has 1 atom stereocenters. The molecule has 1 rings (SSSR count). The largest absolute Gasteiger partial charge is 0.496 e. The average Bonchev–Trinajstić information content (AvgIpc) is 2.38. The number of methoxy groups -OCH3 is 1. The molecule has 0 saturated carbocycles. The molecule has 3 heteroatoms. The van der Waals surface area contributed by atoms with Crippen molar-refractivity contribution in [2.75, 3.05) is 20.2 Å². The number of hydrogen-bond acceptors (Lipinski definition) is 2. The summed E-state index contributed by atoms with van der Waals surface area (Å²) in [5.74, 6) is 2.16. The predicted molar refractivity (Wildman–Crippen MR) is 83.2 cm³/mol. The predicted octanol–water partition coefficient (Wildman–Crippen LogP) is 4.16. The van der Waals surface area contributed by atoms with Crippen LogP contribution in [0.5, 0.6) is 5.75 Å². The second kappa shape index (κ2) is 8.44. The lowest BCUT2D eigenvalue weighted by molar-refractivity contribution is 0.351. The molecule has 0 saturated heterocycles. The maximum Gasteiger partial charge on any atom is 0.122 e. The van der Waals surface area contributed by atoms with Gasteiger partial charge in [-0.1, -0.05) is 32.4 Å². The topological polar surface area (TPSA) is 21.3 Å². The highest BCUT2D eigenvalue weighted by molar-refractivity contribution is 6.30. The van der Waals surface area contributed by atoms with Crippen molar-refractivity contribution in [3.05, 3.63) is 28.8 Å². The number of benzene rings is 1. The van der Waals surface area contributed by atoms with Gasteiger partial charge < -0.3 is 10.1 Å². The molecule has 0 bridgehead atoms. The molecule has 108 valence electrons. The van der Waals surface area contributed by atoms with Crippen molar-refractivity contribution in [3.63, 3.8) is 0 Å². The summed E-state index contributed by atoms with van der Waals surface area (Å²) in [6.07, 6.45) is 2.17. The van der Waals surface area contributed by atoms with Gasteiger partial charge >= 0.3 is 0 Å². The van der Waals surface area contributed by atoms with Gasteiger partial charge in [-0.3, -0.25) is 0 Å². The smallest absolute Gasteiger partial charge is 0.122 e. The summed E-state index contributed by atoms with van der Waals surface area (Å²) >= 11 is 6.09. The third-order valence-electron chi connectivity index (χ3n) is 3.50. The quantitative estimate of drug-likeness (QED) is 0.723. The first-order valence-electron chi connectivity index (χ1n) is 7.11. The van der Waals surface area contributed by atoms with E-state index in [4.69, 9.17) is 16.3 Å². The van der Waals surface area contributed by atoms with Gasteiger partial charge in [0.15, 0.2) is 0 Å². The number of halogens is 1. The lowest BCUT2D eigenvalue weighted by Gasteiger charge is -2.22. The minimum Gasteiger partial charge on any atom is -0.496 e. The van der Waals surface area contributed by atoms with Crippen LogP contribution in [0.25, 0.3) is 0 Å². The lowest BCUT2D eigenvalue weighted by atomic mass is 9.88. The van der Waals surface area contributed by atoms with Crippen molar-refractivity contribution in [2.24, 2.45) is 11.8 Å². The standard InChI is InChI=1S/C16H26ClNO/c1-5-8-18-11-14(12(2)3)9-13-10-15(17)6-7-16(13)19-4/h6-7,10,12,14,18H,5,8-9,11H2,1-4H3. The Morgan fingerprint density at radius 3 is 2.63 bits per heavy atom. The molecule has 0 aromatic heterocycles. The van der Waals surface area contributed by atoms with Crippen molar-refractivity contribution in [1.82, 2.24) is 5.32 Å². The van der Waals surface area contributed by atoms with Crippen molar-refractivity contribution in [1.29, 1.82) is 0 Å². The van der Waals surface area contributed by atoms with E-state index in [9.17, 15) is 0 Å². The highest BCUT2D eigenvalue weighted by Crippen LogP contribution is 2.27. The number of hydrogen-bond donors (Lipinski definition) is 1. The van der Waals surface area contributed by atoms with E-state index in [0.29, 0.717) is 11.8 Å². The average molecular weight is 284 g/mol. The van der Waals surface area contributed by atoms with E-state index in [2.05, 4.69) is 26.1 Å². The fourth-order valence-corrected chi connectivity index (χ4v) is 2.39. The van der Waals surface area contributed by atoms with E-state index in [0.717, 1.165) is 30.3 Å². The summed E-state index contributed by atoms with van der Waals surface area (Å²) < 4.78 is 5.43.